The van der Waals surface area contributed by atoms with E-state index in [1.54, 1.807) is 0 Å². The second-order valence-electron chi connectivity index (χ2n) is 7.11. The van der Waals surface area contributed by atoms with Gasteiger partial charge in [0.05, 0.1) is 18.8 Å². The summed E-state index contributed by atoms with van der Waals surface area (Å²) in [6, 6.07) is -5.53. The molecule has 0 aliphatic carbocycles. The van der Waals surface area contributed by atoms with Gasteiger partial charge in [-0.05, 0) is 13.3 Å². The van der Waals surface area contributed by atoms with Crippen LogP contribution in [0.15, 0.2) is 12.5 Å². The average Bonchev–Trinajstić information content (AvgIpc) is 3.22. The normalized spacial score (nSPS) is 14.2. The van der Waals surface area contributed by atoms with Gasteiger partial charge in [0.15, 0.2) is 0 Å². The number of carbonyl (C=O) groups excluding carboxylic acids is 3. The van der Waals surface area contributed by atoms with Crippen molar-refractivity contribution in [2.75, 3.05) is 0 Å². The maximum Gasteiger partial charge on any atom is 0.325 e. The minimum Gasteiger partial charge on any atom is -0.481 e. The summed E-state index contributed by atoms with van der Waals surface area (Å²) in [7, 11) is 0. The predicted octanol–water partition coefficient (Wildman–Crippen LogP) is -2.82. The van der Waals surface area contributed by atoms with Gasteiger partial charge < -0.3 is 42.0 Å². The number of hydrogen-bond acceptors (Lipinski definition) is 8. The number of nitrogens with zero attached hydrogens (tertiary/aromatic N) is 1. The Labute approximate surface area is 187 Å². The molecule has 4 atom stereocenters. The van der Waals surface area contributed by atoms with Crippen LogP contribution in [0.25, 0.3) is 0 Å². The number of aromatic amines is 1. The Balaban J connectivity index is 3.02. The third-order valence-corrected chi connectivity index (χ3v) is 4.35. The maximum absolute atomic E-state index is 12.9. The van der Waals surface area contributed by atoms with Gasteiger partial charge in [-0.3, -0.25) is 28.8 Å². The van der Waals surface area contributed by atoms with Gasteiger partial charge in [0.2, 0.25) is 17.7 Å². The zero-order valence-corrected chi connectivity index (χ0v) is 17.6. The van der Waals surface area contributed by atoms with Crippen LogP contribution in [-0.2, 0) is 35.2 Å². The van der Waals surface area contributed by atoms with Gasteiger partial charge in [-0.25, -0.2) is 4.98 Å². The highest BCUT2D eigenvalue weighted by Crippen LogP contribution is 2.04. The molecule has 0 saturated heterocycles. The molecule has 1 rings (SSSR count). The number of carbonyl (C=O) groups is 6. The van der Waals surface area contributed by atoms with Crippen molar-refractivity contribution in [1.29, 1.82) is 0 Å². The molecule has 1 heterocycles. The van der Waals surface area contributed by atoms with Crippen molar-refractivity contribution >= 4 is 35.6 Å². The van der Waals surface area contributed by atoms with Gasteiger partial charge >= 0.3 is 17.9 Å². The van der Waals surface area contributed by atoms with Crippen molar-refractivity contribution in [1.82, 2.24) is 25.9 Å². The lowest BCUT2D eigenvalue weighted by Gasteiger charge is -2.24. The first kappa shape index (κ1) is 27.0. The Morgan fingerprint density at radius 2 is 1.58 bits per heavy atom. The summed E-state index contributed by atoms with van der Waals surface area (Å²) < 4.78 is 0. The first-order valence-electron chi connectivity index (χ1n) is 9.71. The highest BCUT2D eigenvalue weighted by molar-refractivity contribution is 5.95. The smallest absolute Gasteiger partial charge is 0.325 e. The fourth-order valence-corrected chi connectivity index (χ4v) is 2.57. The Bertz CT molecular complexity index is 873. The number of rotatable bonds is 14. The van der Waals surface area contributed by atoms with E-state index in [1.807, 2.05) is 0 Å². The lowest BCUT2D eigenvalue weighted by molar-refractivity contribution is -0.142. The van der Waals surface area contributed by atoms with E-state index in [9.17, 15) is 28.8 Å². The average molecular weight is 470 g/mol. The summed E-state index contributed by atoms with van der Waals surface area (Å²) >= 11 is 0. The van der Waals surface area contributed by atoms with Crippen LogP contribution in [-0.4, -0.2) is 85.1 Å². The number of H-pyrrole nitrogens is 1. The van der Waals surface area contributed by atoms with Crippen LogP contribution in [0.1, 0.15) is 31.9 Å². The molecule has 3 amide bonds. The maximum atomic E-state index is 12.9. The number of carboxylic acids is 3. The topological polar surface area (TPSA) is 254 Å². The van der Waals surface area contributed by atoms with Crippen LogP contribution in [0.2, 0.25) is 0 Å². The standard InChI is InChI=1S/C18H26N6O9/c1-8(18(32)33)22-16(30)11(2-3-13(25)26)23-17(31)12(4-9-6-20-7-21-9)24-15(29)10(19)5-14(27)28/h6-8,10-12H,2-5,19H2,1H3,(H,20,21)(H,22,30)(H,23,31)(H,24,29)(H,25,26)(H,27,28)(H,32,33). The van der Waals surface area contributed by atoms with E-state index in [0.29, 0.717) is 5.69 Å². The first-order chi connectivity index (χ1) is 15.4. The van der Waals surface area contributed by atoms with Crippen molar-refractivity contribution in [3.63, 3.8) is 0 Å². The van der Waals surface area contributed by atoms with E-state index in [1.165, 1.54) is 19.4 Å². The van der Waals surface area contributed by atoms with Crippen LogP contribution < -0.4 is 21.7 Å². The number of nitrogens with one attached hydrogen (secondary N) is 4. The molecule has 1 aromatic heterocycles. The lowest BCUT2D eigenvalue weighted by atomic mass is 10.1. The monoisotopic (exact) mass is 470 g/mol. The molecule has 33 heavy (non-hydrogen) atoms. The summed E-state index contributed by atoms with van der Waals surface area (Å²) in [5.74, 6) is -6.71. The van der Waals surface area contributed by atoms with Crippen molar-refractivity contribution in [3.8, 4) is 0 Å². The Morgan fingerprint density at radius 1 is 0.970 bits per heavy atom. The Morgan fingerprint density at radius 3 is 2.09 bits per heavy atom. The number of hydrogen-bond donors (Lipinski definition) is 8. The fraction of sp³-hybridized carbons (Fsp3) is 0.500. The molecule has 9 N–H and O–H groups in total. The number of aliphatic carboxylic acids is 3. The highest BCUT2D eigenvalue weighted by Gasteiger charge is 2.30. The largest absolute Gasteiger partial charge is 0.481 e. The Hall–Kier alpha value is -4.01. The Kier molecular flexibility index (Phi) is 10.4. The van der Waals surface area contributed by atoms with E-state index in [-0.39, 0.29) is 12.8 Å². The van der Waals surface area contributed by atoms with Gasteiger partial charge in [0.25, 0.3) is 0 Å². The summed E-state index contributed by atoms with van der Waals surface area (Å²) in [5.41, 5.74) is 5.93. The minimum absolute atomic E-state index is 0.143. The van der Waals surface area contributed by atoms with Crippen molar-refractivity contribution in [3.05, 3.63) is 18.2 Å². The third kappa shape index (κ3) is 9.77. The van der Waals surface area contributed by atoms with Gasteiger partial charge in [0.1, 0.15) is 18.1 Å². The molecule has 0 aliphatic rings. The van der Waals surface area contributed by atoms with Crippen molar-refractivity contribution in [2.24, 2.45) is 5.73 Å². The first-order valence-corrected chi connectivity index (χ1v) is 9.71. The lowest BCUT2D eigenvalue weighted by Crippen LogP contribution is -2.57. The molecule has 4 unspecified atom stereocenters. The molecule has 0 aliphatic heterocycles. The molecule has 0 aromatic carbocycles. The molecular formula is C18H26N6O9. The molecule has 0 bridgehead atoms. The van der Waals surface area contributed by atoms with Gasteiger partial charge in [0, 0.05) is 24.7 Å². The highest BCUT2D eigenvalue weighted by atomic mass is 16.4. The van der Waals surface area contributed by atoms with E-state index >= 15 is 0 Å². The second-order valence-corrected chi connectivity index (χ2v) is 7.11. The fourth-order valence-electron chi connectivity index (χ4n) is 2.57. The number of amides is 3. The summed E-state index contributed by atoms with van der Waals surface area (Å²) in [6.07, 6.45) is 0.978. The molecule has 1 aromatic rings. The zero-order valence-electron chi connectivity index (χ0n) is 17.6. The van der Waals surface area contributed by atoms with E-state index in [2.05, 4.69) is 25.9 Å². The van der Waals surface area contributed by atoms with Crippen LogP contribution in [0, 0.1) is 0 Å². The number of nitrogens with two attached hydrogens (primary N) is 1. The summed E-state index contributed by atoms with van der Waals surface area (Å²) in [6.45, 7) is 1.18. The molecule has 0 spiro atoms. The van der Waals surface area contributed by atoms with E-state index < -0.39 is 72.6 Å². The van der Waals surface area contributed by atoms with Crippen LogP contribution in [0.5, 0.6) is 0 Å². The quantitative estimate of drug-likeness (QED) is 0.137. The molecule has 15 heteroatoms. The SMILES string of the molecule is CC(NC(=O)C(CCC(=O)O)NC(=O)C(Cc1cnc[nH]1)NC(=O)C(N)CC(=O)O)C(=O)O. The van der Waals surface area contributed by atoms with Gasteiger partial charge in [-0.15, -0.1) is 0 Å². The van der Waals surface area contributed by atoms with Gasteiger partial charge in [-0.1, -0.05) is 0 Å². The predicted molar refractivity (Wildman–Crippen MR) is 108 cm³/mol. The van der Waals surface area contributed by atoms with Crippen LogP contribution in [0.3, 0.4) is 0 Å². The minimum atomic E-state index is -1.46. The summed E-state index contributed by atoms with van der Waals surface area (Å²) in [5, 5.41) is 33.4. The molecule has 0 radical (unpaired) electrons. The van der Waals surface area contributed by atoms with Crippen LogP contribution in [0.4, 0.5) is 0 Å². The second kappa shape index (κ2) is 12.7. The third-order valence-electron chi connectivity index (χ3n) is 4.35. The number of aromatic nitrogens is 2. The number of carboxylic acid groups (broad SMARTS) is 3. The van der Waals surface area contributed by atoms with Crippen molar-refractivity contribution < 1.29 is 44.1 Å². The molecule has 182 valence electrons. The van der Waals surface area contributed by atoms with E-state index in [0.717, 1.165) is 0 Å². The summed E-state index contributed by atoms with van der Waals surface area (Å²) in [4.78, 5) is 76.8. The number of imidazole rings is 1. The van der Waals surface area contributed by atoms with E-state index in [4.69, 9.17) is 21.1 Å². The molecular weight excluding hydrogens is 444 g/mol. The van der Waals surface area contributed by atoms with Crippen LogP contribution >= 0.6 is 0 Å². The zero-order chi connectivity index (χ0) is 25.1. The van der Waals surface area contributed by atoms with Crippen molar-refractivity contribution in [2.45, 2.75) is 56.8 Å². The molecule has 15 nitrogen and oxygen atoms in total. The molecule has 0 saturated carbocycles. The molecule has 0 fully saturated rings. The van der Waals surface area contributed by atoms with Gasteiger partial charge in [-0.2, -0.15) is 0 Å².